The Balaban J connectivity index is 1.53. The summed E-state index contributed by atoms with van der Waals surface area (Å²) in [6, 6.07) is 16.1. The molecule has 1 amide bonds. The van der Waals surface area contributed by atoms with Crippen molar-refractivity contribution >= 4 is 11.7 Å². The van der Waals surface area contributed by atoms with Crippen LogP contribution in [0, 0.1) is 17.1 Å². The number of carbonyl (C=O) groups excluding carboxylic acids is 1. The normalized spacial score (nSPS) is 20.9. The molecule has 2 unspecified atom stereocenters. The highest BCUT2D eigenvalue weighted by molar-refractivity contribution is 5.75. The van der Waals surface area contributed by atoms with Crippen LogP contribution in [0.5, 0.6) is 0 Å². The van der Waals surface area contributed by atoms with Gasteiger partial charge in [0.05, 0.1) is 17.7 Å². The summed E-state index contributed by atoms with van der Waals surface area (Å²) in [6.07, 6.45) is 5.04. The summed E-state index contributed by atoms with van der Waals surface area (Å²) in [5.41, 5.74) is 2.69. The van der Waals surface area contributed by atoms with Crippen LogP contribution in [0.3, 0.4) is 0 Å². The third kappa shape index (κ3) is 3.63. The molecule has 5 heteroatoms. The molecule has 1 fully saturated rings. The van der Waals surface area contributed by atoms with Crippen LogP contribution in [-0.4, -0.2) is 23.1 Å². The number of amides is 1. The zero-order valence-electron chi connectivity index (χ0n) is 15.5. The number of halogens is 1. The smallest absolute Gasteiger partial charge is 0.410 e. The van der Waals surface area contributed by atoms with E-state index in [9.17, 15) is 9.18 Å². The Morgan fingerprint density at radius 1 is 1.21 bits per heavy atom. The van der Waals surface area contributed by atoms with Gasteiger partial charge in [-0.2, -0.15) is 5.26 Å². The lowest BCUT2D eigenvalue weighted by molar-refractivity contribution is 0.0510. The van der Waals surface area contributed by atoms with Crippen LogP contribution in [0.4, 0.5) is 9.18 Å². The van der Waals surface area contributed by atoms with Crippen LogP contribution in [0.25, 0.3) is 5.57 Å². The number of piperidine rings is 1. The lowest BCUT2D eigenvalue weighted by Crippen LogP contribution is -2.51. The lowest BCUT2D eigenvalue weighted by Gasteiger charge is -2.44. The largest absolute Gasteiger partial charge is 0.445 e. The predicted molar refractivity (Wildman–Crippen MR) is 104 cm³/mol. The average molecular weight is 376 g/mol. The molecule has 2 bridgehead atoms. The second-order valence-electron chi connectivity index (χ2n) is 7.30. The van der Waals surface area contributed by atoms with Crippen LogP contribution < -0.4 is 0 Å². The Morgan fingerprint density at radius 3 is 2.75 bits per heavy atom. The molecule has 2 aromatic rings. The van der Waals surface area contributed by atoms with Gasteiger partial charge in [-0.1, -0.05) is 42.5 Å². The summed E-state index contributed by atoms with van der Waals surface area (Å²) >= 11 is 0. The van der Waals surface area contributed by atoms with Crippen molar-refractivity contribution in [2.75, 3.05) is 0 Å². The van der Waals surface area contributed by atoms with E-state index < -0.39 is 0 Å². The Hall–Kier alpha value is -3.13. The maximum atomic E-state index is 14.5. The number of rotatable bonds is 3. The van der Waals surface area contributed by atoms with E-state index >= 15 is 0 Å². The van der Waals surface area contributed by atoms with E-state index in [0.29, 0.717) is 17.5 Å². The molecule has 2 aromatic carbocycles. The molecule has 0 saturated carbocycles. The fourth-order valence-corrected chi connectivity index (χ4v) is 4.15. The zero-order valence-corrected chi connectivity index (χ0v) is 15.5. The Bertz CT molecular complexity index is 949. The van der Waals surface area contributed by atoms with Crippen molar-refractivity contribution in [2.24, 2.45) is 0 Å². The highest BCUT2D eigenvalue weighted by Crippen LogP contribution is 2.38. The summed E-state index contributed by atoms with van der Waals surface area (Å²) in [4.78, 5) is 14.6. The fourth-order valence-electron chi connectivity index (χ4n) is 4.15. The van der Waals surface area contributed by atoms with Crippen LogP contribution in [0.2, 0.25) is 0 Å². The van der Waals surface area contributed by atoms with Gasteiger partial charge in [-0.15, -0.1) is 0 Å². The van der Waals surface area contributed by atoms with Crippen molar-refractivity contribution in [3.05, 3.63) is 77.1 Å². The van der Waals surface area contributed by atoms with Gasteiger partial charge >= 0.3 is 6.09 Å². The minimum atomic E-state index is -0.386. The highest BCUT2D eigenvalue weighted by atomic mass is 19.1. The van der Waals surface area contributed by atoms with Gasteiger partial charge in [0, 0.05) is 11.6 Å². The van der Waals surface area contributed by atoms with Crippen LogP contribution in [-0.2, 0) is 11.3 Å². The van der Waals surface area contributed by atoms with E-state index in [1.165, 1.54) is 6.07 Å². The first-order valence-corrected chi connectivity index (χ1v) is 9.55. The number of fused-ring (bicyclic) bond motifs is 2. The molecule has 0 aromatic heterocycles. The molecule has 2 aliphatic heterocycles. The van der Waals surface area contributed by atoms with Crippen LogP contribution in [0.15, 0.2) is 54.6 Å². The van der Waals surface area contributed by atoms with Crippen molar-refractivity contribution in [3.63, 3.8) is 0 Å². The Kier molecular flexibility index (Phi) is 5.12. The number of nitrogens with zero attached hydrogens (tertiary/aromatic N) is 2. The van der Waals surface area contributed by atoms with E-state index in [4.69, 9.17) is 10.00 Å². The molecule has 2 aliphatic rings. The second kappa shape index (κ2) is 7.85. The van der Waals surface area contributed by atoms with Gasteiger partial charge in [-0.25, -0.2) is 9.18 Å². The minimum absolute atomic E-state index is 0.0112. The number of benzene rings is 2. The summed E-state index contributed by atoms with van der Waals surface area (Å²) in [6.45, 7) is 0.246. The molecule has 0 aliphatic carbocycles. The Morgan fingerprint density at radius 2 is 2.04 bits per heavy atom. The molecule has 142 valence electrons. The third-order valence-corrected chi connectivity index (χ3v) is 5.50. The predicted octanol–water partition coefficient (Wildman–Crippen LogP) is 5.04. The fraction of sp³-hybridized carbons (Fsp3) is 0.304. The number of hydrogen-bond donors (Lipinski definition) is 0. The van der Waals surface area contributed by atoms with Gasteiger partial charge in [-0.3, -0.25) is 4.90 Å². The topological polar surface area (TPSA) is 53.3 Å². The second-order valence-corrected chi connectivity index (χ2v) is 7.30. The summed E-state index contributed by atoms with van der Waals surface area (Å²) < 4.78 is 20.0. The highest BCUT2D eigenvalue weighted by Gasteiger charge is 2.38. The van der Waals surface area contributed by atoms with Crippen LogP contribution in [0.1, 0.15) is 42.4 Å². The van der Waals surface area contributed by atoms with Gasteiger partial charge in [0.2, 0.25) is 0 Å². The quantitative estimate of drug-likeness (QED) is 0.754. The average Bonchev–Trinajstić information content (AvgIpc) is 2.71. The standard InChI is InChI=1S/C23H21FN2O2/c24-22-11-17(14-25)9-10-21(22)18-12-19-7-4-8-20(13-18)26(19)23(27)28-15-16-5-2-1-3-6-16/h1-3,5-6,9-12,19-20H,4,7-8,13,15H2. The van der Waals surface area contributed by atoms with Crippen molar-refractivity contribution < 1.29 is 13.9 Å². The van der Waals surface area contributed by atoms with Crippen LogP contribution >= 0.6 is 0 Å². The number of hydrogen-bond acceptors (Lipinski definition) is 3. The van der Waals surface area contributed by atoms with Gasteiger partial charge in [0.1, 0.15) is 12.4 Å². The first-order valence-electron chi connectivity index (χ1n) is 9.55. The molecular weight excluding hydrogens is 355 g/mol. The number of ether oxygens (including phenoxy) is 1. The number of carbonyl (C=O) groups is 1. The molecular formula is C23H21FN2O2. The minimum Gasteiger partial charge on any atom is -0.445 e. The molecule has 28 heavy (non-hydrogen) atoms. The van der Waals surface area contributed by atoms with Crippen molar-refractivity contribution in [3.8, 4) is 6.07 Å². The molecule has 2 heterocycles. The molecule has 1 saturated heterocycles. The van der Waals surface area contributed by atoms with E-state index in [1.807, 2.05) is 47.4 Å². The van der Waals surface area contributed by atoms with E-state index in [-0.39, 0.29) is 30.6 Å². The Labute approximate surface area is 163 Å². The van der Waals surface area contributed by atoms with E-state index in [2.05, 4.69) is 0 Å². The molecule has 4 nitrogen and oxygen atoms in total. The number of nitriles is 1. The zero-order chi connectivity index (χ0) is 19.5. The van der Waals surface area contributed by atoms with Gasteiger partial charge in [0.15, 0.2) is 0 Å². The first kappa shape index (κ1) is 18.2. The summed E-state index contributed by atoms with van der Waals surface area (Å²) in [5, 5.41) is 8.93. The van der Waals surface area contributed by atoms with Crippen molar-refractivity contribution in [1.29, 1.82) is 5.26 Å². The lowest BCUT2D eigenvalue weighted by atomic mass is 9.83. The molecule has 4 rings (SSSR count). The maximum absolute atomic E-state index is 14.5. The van der Waals surface area contributed by atoms with Gasteiger partial charge in [0.25, 0.3) is 0 Å². The maximum Gasteiger partial charge on any atom is 0.410 e. The molecule has 0 radical (unpaired) electrons. The van der Waals surface area contributed by atoms with Crippen molar-refractivity contribution in [1.82, 2.24) is 4.90 Å². The van der Waals surface area contributed by atoms with Gasteiger partial charge < -0.3 is 4.74 Å². The van der Waals surface area contributed by atoms with Gasteiger partial charge in [-0.05, 0) is 49.0 Å². The van der Waals surface area contributed by atoms with E-state index in [0.717, 1.165) is 30.4 Å². The summed E-state index contributed by atoms with van der Waals surface area (Å²) in [7, 11) is 0. The SMILES string of the molecule is N#Cc1ccc(C2=CC3CCCC(C2)N3C(=O)OCc2ccccc2)c(F)c1. The molecule has 0 spiro atoms. The monoisotopic (exact) mass is 376 g/mol. The van der Waals surface area contributed by atoms with Crippen molar-refractivity contribution in [2.45, 2.75) is 44.4 Å². The van der Waals surface area contributed by atoms with E-state index in [1.54, 1.807) is 12.1 Å². The molecule has 0 N–H and O–H groups in total. The summed E-state index contributed by atoms with van der Waals surface area (Å²) in [5.74, 6) is -0.386. The third-order valence-electron chi connectivity index (χ3n) is 5.50. The first-order chi connectivity index (χ1) is 13.7. The molecule has 2 atom stereocenters.